The van der Waals surface area contributed by atoms with Crippen LogP contribution in [0.1, 0.15) is 6.42 Å². The van der Waals surface area contributed by atoms with Crippen molar-refractivity contribution in [2.24, 2.45) is 0 Å². The lowest BCUT2D eigenvalue weighted by molar-refractivity contribution is 0.0529. The molecule has 5 heteroatoms. The van der Waals surface area contributed by atoms with E-state index in [2.05, 4.69) is 5.32 Å². The molecule has 0 saturated carbocycles. The number of benzene rings is 1. The molecule has 19 heavy (non-hydrogen) atoms. The molecule has 1 aromatic rings. The van der Waals surface area contributed by atoms with E-state index >= 15 is 0 Å². The molecule has 0 aliphatic heterocycles. The van der Waals surface area contributed by atoms with E-state index in [1.807, 2.05) is 6.07 Å². The lowest BCUT2D eigenvalue weighted by Gasteiger charge is -2.07. The summed E-state index contributed by atoms with van der Waals surface area (Å²) in [6.45, 7) is 3.84. The minimum absolute atomic E-state index is 0.237. The number of halogens is 1. The normalized spacial score (nSPS) is 10.6. The quantitative estimate of drug-likeness (QED) is 0.627. The first-order chi connectivity index (χ1) is 9.33. The van der Waals surface area contributed by atoms with E-state index < -0.39 is 0 Å². The predicted molar refractivity (Wildman–Crippen MR) is 73.0 cm³/mol. The van der Waals surface area contributed by atoms with E-state index in [-0.39, 0.29) is 5.82 Å². The molecule has 0 aromatic heterocycles. The van der Waals surface area contributed by atoms with Crippen molar-refractivity contribution in [3.05, 3.63) is 30.1 Å². The van der Waals surface area contributed by atoms with Crippen molar-refractivity contribution in [2.75, 3.05) is 52.0 Å². The summed E-state index contributed by atoms with van der Waals surface area (Å²) in [5.41, 5.74) is 0.770. The van der Waals surface area contributed by atoms with Crippen LogP contribution in [0.25, 0.3) is 0 Å². The van der Waals surface area contributed by atoms with Crippen LogP contribution in [0.4, 0.5) is 10.1 Å². The zero-order valence-corrected chi connectivity index (χ0v) is 11.4. The van der Waals surface area contributed by atoms with E-state index in [4.69, 9.17) is 14.2 Å². The Balaban J connectivity index is 1.89. The highest BCUT2D eigenvalue weighted by molar-refractivity contribution is 5.42. The van der Waals surface area contributed by atoms with Gasteiger partial charge in [0.1, 0.15) is 5.82 Å². The maximum atomic E-state index is 12.9. The maximum absolute atomic E-state index is 12.9. The van der Waals surface area contributed by atoms with Crippen LogP contribution in [0.3, 0.4) is 0 Å². The Morgan fingerprint density at radius 3 is 2.58 bits per heavy atom. The van der Waals surface area contributed by atoms with Gasteiger partial charge in [0.2, 0.25) is 0 Å². The summed E-state index contributed by atoms with van der Waals surface area (Å²) in [5, 5.41) is 3.09. The van der Waals surface area contributed by atoms with Crippen LogP contribution in [-0.4, -0.2) is 46.7 Å². The van der Waals surface area contributed by atoms with Crippen LogP contribution >= 0.6 is 0 Å². The number of methoxy groups -OCH3 is 1. The Hall–Kier alpha value is -1.17. The molecule has 0 atom stereocenters. The van der Waals surface area contributed by atoms with Crippen molar-refractivity contribution >= 4 is 5.69 Å². The first-order valence-corrected chi connectivity index (χ1v) is 6.47. The summed E-state index contributed by atoms with van der Waals surface area (Å²) < 4.78 is 28.5. The highest BCUT2D eigenvalue weighted by Crippen LogP contribution is 2.08. The molecule has 0 radical (unpaired) electrons. The Morgan fingerprint density at radius 2 is 1.84 bits per heavy atom. The van der Waals surface area contributed by atoms with Gasteiger partial charge in [0.05, 0.1) is 19.8 Å². The molecule has 0 spiro atoms. The van der Waals surface area contributed by atoms with Gasteiger partial charge in [0, 0.05) is 32.6 Å². The van der Waals surface area contributed by atoms with Gasteiger partial charge in [-0.25, -0.2) is 4.39 Å². The third-order valence-electron chi connectivity index (χ3n) is 2.41. The van der Waals surface area contributed by atoms with Crippen molar-refractivity contribution in [1.82, 2.24) is 0 Å². The van der Waals surface area contributed by atoms with Gasteiger partial charge in [-0.2, -0.15) is 0 Å². The van der Waals surface area contributed by atoms with Crippen molar-refractivity contribution in [1.29, 1.82) is 0 Å². The molecule has 4 nitrogen and oxygen atoms in total. The van der Waals surface area contributed by atoms with Crippen molar-refractivity contribution < 1.29 is 18.6 Å². The minimum Gasteiger partial charge on any atom is -0.383 e. The number of rotatable bonds is 11. The first kappa shape index (κ1) is 15.9. The monoisotopic (exact) mass is 271 g/mol. The molecule has 0 unspecified atom stereocenters. The SMILES string of the molecule is COCCOCCCOCCNc1cccc(F)c1. The Bertz CT molecular complexity index is 336. The van der Waals surface area contributed by atoms with Crippen molar-refractivity contribution in [2.45, 2.75) is 6.42 Å². The number of anilines is 1. The van der Waals surface area contributed by atoms with Gasteiger partial charge >= 0.3 is 0 Å². The van der Waals surface area contributed by atoms with Crippen LogP contribution in [0, 0.1) is 5.82 Å². The number of ether oxygens (including phenoxy) is 3. The minimum atomic E-state index is -0.237. The first-order valence-electron chi connectivity index (χ1n) is 6.47. The number of nitrogens with one attached hydrogen (secondary N) is 1. The second-order valence-electron chi connectivity index (χ2n) is 4.01. The molecule has 0 amide bonds. The summed E-state index contributed by atoms with van der Waals surface area (Å²) in [4.78, 5) is 0. The Labute approximate surface area is 113 Å². The molecule has 1 rings (SSSR count). The molecule has 1 N–H and O–H groups in total. The fourth-order valence-corrected chi connectivity index (χ4v) is 1.48. The number of hydrogen-bond acceptors (Lipinski definition) is 4. The third-order valence-corrected chi connectivity index (χ3v) is 2.41. The average Bonchev–Trinajstić information content (AvgIpc) is 2.41. The molecule has 0 fully saturated rings. The summed E-state index contributed by atoms with van der Waals surface area (Å²) in [6.07, 6.45) is 0.865. The Morgan fingerprint density at radius 1 is 1.05 bits per heavy atom. The van der Waals surface area contributed by atoms with Crippen molar-refractivity contribution in [3.8, 4) is 0 Å². The van der Waals surface area contributed by atoms with Gasteiger partial charge in [0.25, 0.3) is 0 Å². The molecule has 1 aromatic carbocycles. The maximum Gasteiger partial charge on any atom is 0.125 e. The lowest BCUT2D eigenvalue weighted by Crippen LogP contribution is -2.11. The topological polar surface area (TPSA) is 39.7 Å². The van der Waals surface area contributed by atoms with Crippen LogP contribution in [0.5, 0.6) is 0 Å². The largest absolute Gasteiger partial charge is 0.383 e. The highest BCUT2D eigenvalue weighted by atomic mass is 19.1. The van der Waals surface area contributed by atoms with E-state index in [1.54, 1.807) is 13.2 Å². The average molecular weight is 271 g/mol. The number of hydrogen-bond donors (Lipinski definition) is 1. The van der Waals surface area contributed by atoms with Crippen molar-refractivity contribution in [3.63, 3.8) is 0 Å². The zero-order chi connectivity index (χ0) is 13.8. The molecule has 0 aliphatic rings. The van der Waals surface area contributed by atoms with E-state index in [0.29, 0.717) is 39.6 Å². The van der Waals surface area contributed by atoms with Gasteiger partial charge < -0.3 is 19.5 Å². The summed E-state index contributed by atoms with van der Waals surface area (Å²) in [7, 11) is 1.65. The van der Waals surface area contributed by atoms with E-state index in [1.165, 1.54) is 12.1 Å². The highest BCUT2D eigenvalue weighted by Gasteiger charge is 1.94. The summed E-state index contributed by atoms with van der Waals surface area (Å²) in [6, 6.07) is 6.39. The standard InChI is InChI=1S/C14H22FNO3/c1-17-10-11-19-8-3-7-18-9-6-16-14-5-2-4-13(15)12-14/h2,4-5,12,16H,3,6-11H2,1H3. The molecule has 0 bridgehead atoms. The lowest BCUT2D eigenvalue weighted by atomic mass is 10.3. The second-order valence-corrected chi connectivity index (χ2v) is 4.01. The zero-order valence-electron chi connectivity index (χ0n) is 11.4. The fraction of sp³-hybridized carbons (Fsp3) is 0.571. The van der Waals surface area contributed by atoms with E-state index in [9.17, 15) is 4.39 Å². The molecular weight excluding hydrogens is 249 g/mol. The van der Waals surface area contributed by atoms with E-state index in [0.717, 1.165) is 12.1 Å². The fourth-order valence-electron chi connectivity index (χ4n) is 1.48. The van der Waals surface area contributed by atoms with Gasteiger partial charge in [-0.3, -0.25) is 0 Å². The summed E-state index contributed by atoms with van der Waals surface area (Å²) >= 11 is 0. The molecule has 108 valence electrons. The van der Waals surface area contributed by atoms with Gasteiger partial charge in [-0.05, 0) is 24.6 Å². The van der Waals surface area contributed by atoms with Gasteiger partial charge in [0.15, 0.2) is 0 Å². The van der Waals surface area contributed by atoms with Crippen LogP contribution in [-0.2, 0) is 14.2 Å². The molecule has 0 aliphatic carbocycles. The van der Waals surface area contributed by atoms with Crippen LogP contribution < -0.4 is 5.32 Å². The van der Waals surface area contributed by atoms with Gasteiger partial charge in [-0.1, -0.05) is 6.07 Å². The second kappa shape index (κ2) is 10.7. The third kappa shape index (κ3) is 8.53. The predicted octanol–water partition coefficient (Wildman–Crippen LogP) is 2.31. The summed E-state index contributed by atoms with van der Waals surface area (Å²) in [5.74, 6) is -0.237. The smallest absolute Gasteiger partial charge is 0.125 e. The van der Waals surface area contributed by atoms with Crippen LogP contribution in [0.2, 0.25) is 0 Å². The van der Waals surface area contributed by atoms with Crippen LogP contribution in [0.15, 0.2) is 24.3 Å². The molecule has 0 heterocycles. The van der Waals surface area contributed by atoms with Gasteiger partial charge in [-0.15, -0.1) is 0 Å². The molecule has 0 saturated heterocycles. The molecular formula is C14H22FNO3. The Kier molecular flexibility index (Phi) is 8.97.